The molecule has 20 heavy (non-hydrogen) atoms. The van der Waals surface area contributed by atoms with E-state index in [2.05, 4.69) is 45.1 Å². The van der Waals surface area contributed by atoms with Gasteiger partial charge in [-0.05, 0) is 65.4 Å². The molecule has 1 aromatic heterocycles. The first-order valence-corrected chi connectivity index (χ1v) is 7.54. The standard InChI is InChI=1S/C15H16IN3O/c1-2-8-17-14-10-11(7-9-18-14)15(20)19-13-5-3-12(16)4-6-13/h3-7,9-10H,2,8H2,1H3,(H,17,18)(H,19,20). The van der Waals surface area contributed by atoms with Gasteiger partial charge in [-0.25, -0.2) is 4.98 Å². The summed E-state index contributed by atoms with van der Waals surface area (Å²) in [7, 11) is 0. The highest BCUT2D eigenvalue weighted by molar-refractivity contribution is 14.1. The average Bonchev–Trinajstić information content (AvgIpc) is 2.48. The molecule has 0 fully saturated rings. The van der Waals surface area contributed by atoms with Crippen LogP contribution in [0.1, 0.15) is 23.7 Å². The SMILES string of the molecule is CCCNc1cc(C(=O)Nc2ccc(I)cc2)ccn1. The van der Waals surface area contributed by atoms with E-state index in [1.54, 1.807) is 18.3 Å². The maximum absolute atomic E-state index is 12.2. The molecule has 104 valence electrons. The molecule has 0 bridgehead atoms. The van der Waals surface area contributed by atoms with Crippen molar-refractivity contribution in [1.82, 2.24) is 4.98 Å². The number of pyridine rings is 1. The Morgan fingerprint density at radius 1 is 1.25 bits per heavy atom. The Morgan fingerprint density at radius 3 is 2.70 bits per heavy atom. The molecule has 5 heteroatoms. The number of carbonyl (C=O) groups is 1. The normalized spacial score (nSPS) is 10.1. The van der Waals surface area contributed by atoms with E-state index in [4.69, 9.17) is 0 Å². The van der Waals surface area contributed by atoms with Crippen LogP contribution in [-0.2, 0) is 0 Å². The molecular weight excluding hydrogens is 365 g/mol. The minimum atomic E-state index is -0.131. The number of benzene rings is 1. The first-order valence-electron chi connectivity index (χ1n) is 6.46. The van der Waals surface area contributed by atoms with Gasteiger partial charge in [-0.2, -0.15) is 0 Å². The minimum Gasteiger partial charge on any atom is -0.370 e. The van der Waals surface area contributed by atoms with Crippen molar-refractivity contribution < 1.29 is 4.79 Å². The summed E-state index contributed by atoms with van der Waals surface area (Å²) in [5.74, 6) is 0.593. The van der Waals surface area contributed by atoms with Crippen molar-refractivity contribution >= 4 is 40.0 Å². The molecule has 1 heterocycles. The Morgan fingerprint density at radius 2 is 2.00 bits per heavy atom. The molecule has 0 aliphatic carbocycles. The van der Waals surface area contributed by atoms with E-state index in [0.717, 1.165) is 28.0 Å². The van der Waals surface area contributed by atoms with E-state index in [0.29, 0.717) is 5.56 Å². The Hall–Kier alpha value is -1.63. The van der Waals surface area contributed by atoms with Gasteiger partial charge >= 0.3 is 0 Å². The fourth-order valence-electron chi connectivity index (χ4n) is 1.66. The molecule has 2 N–H and O–H groups in total. The van der Waals surface area contributed by atoms with Crippen molar-refractivity contribution in [1.29, 1.82) is 0 Å². The zero-order chi connectivity index (χ0) is 14.4. The third-order valence-corrected chi connectivity index (χ3v) is 3.40. The highest BCUT2D eigenvalue weighted by Crippen LogP contribution is 2.13. The van der Waals surface area contributed by atoms with Crippen molar-refractivity contribution in [2.75, 3.05) is 17.2 Å². The predicted molar refractivity (Wildman–Crippen MR) is 90.1 cm³/mol. The number of hydrogen-bond donors (Lipinski definition) is 2. The number of nitrogens with zero attached hydrogens (tertiary/aromatic N) is 1. The minimum absolute atomic E-state index is 0.131. The van der Waals surface area contributed by atoms with Crippen LogP contribution in [0.3, 0.4) is 0 Å². The highest BCUT2D eigenvalue weighted by Gasteiger charge is 2.07. The number of halogens is 1. The first-order chi connectivity index (χ1) is 9.69. The average molecular weight is 381 g/mol. The number of anilines is 2. The lowest BCUT2D eigenvalue weighted by Gasteiger charge is -2.07. The maximum atomic E-state index is 12.2. The third kappa shape index (κ3) is 4.19. The van der Waals surface area contributed by atoms with E-state index < -0.39 is 0 Å². The van der Waals surface area contributed by atoms with Crippen LogP contribution < -0.4 is 10.6 Å². The van der Waals surface area contributed by atoms with Gasteiger partial charge in [0, 0.05) is 27.6 Å². The van der Waals surface area contributed by atoms with E-state index in [1.165, 1.54) is 0 Å². The van der Waals surface area contributed by atoms with Gasteiger partial charge in [-0.3, -0.25) is 4.79 Å². The van der Waals surface area contributed by atoms with E-state index >= 15 is 0 Å². The summed E-state index contributed by atoms with van der Waals surface area (Å²) in [6.45, 7) is 2.93. The largest absolute Gasteiger partial charge is 0.370 e. The molecule has 2 aromatic rings. The Kier molecular flexibility index (Phi) is 5.34. The second-order valence-electron chi connectivity index (χ2n) is 4.32. The summed E-state index contributed by atoms with van der Waals surface area (Å²) in [6, 6.07) is 11.2. The van der Waals surface area contributed by atoms with Crippen molar-refractivity contribution in [3.8, 4) is 0 Å². The quantitative estimate of drug-likeness (QED) is 0.776. The van der Waals surface area contributed by atoms with E-state index in [9.17, 15) is 4.79 Å². The predicted octanol–water partition coefficient (Wildman–Crippen LogP) is 3.76. The van der Waals surface area contributed by atoms with Crippen LogP contribution in [0.25, 0.3) is 0 Å². The number of nitrogens with one attached hydrogen (secondary N) is 2. The first kappa shape index (κ1) is 14.8. The molecule has 4 nitrogen and oxygen atoms in total. The van der Waals surface area contributed by atoms with Gasteiger partial charge in [0.05, 0.1) is 0 Å². The molecule has 0 unspecified atom stereocenters. The smallest absolute Gasteiger partial charge is 0.255 e. The van der Waals surface area contributed by atoms with Crippen molar-refractivity contribution in [2.24, 2.45) is 0 Å². The molecule has 0 aliphatic heterocycles. The van der Waals surface area contributed by atoms with Gasteiger partial charge in [-0.15, -0.1) is 0 Å². The molecule has 0 saturated carbocycles. The molecule has 2 rings (SSSR count). The highest BCUT2D eigenvalue weighted by atomic mass is 127. The molecule has 0 spiro atoms. The lowest BCUT2D eigenvalue weighted by molar-refractivity contribution is 0.102. The fourth-order valence-corrected chi connectivity index (χ4v) is 2.02. The second-order valence-corrected chi connectivity index (χ2v) is 5.56. The van der Waals surface area contributed by atoms with Crippen LogP contribution in [0, 0.1) is 3.57 Å². The van der Waals surface area contributed by atoms with Gasteiger partial charge in [-0.1, -0.05) is 6.92 Å². The number of aromatic nitrogens is 1. The Bertz CT molecular complexity index is 584. The lowest BCUT2D eigenvalue weighted by atomic mass is 10.2. The molecule has 0 saturated heterocycles. The van der Waals surface area contributed by atoms with Crippen molar-refractivity contribution in [3.05, 3.63) is 51.7 Å². The van der Waals surface area contributed by atoms with Crippen molar-refractivity contribution in [3.63, 3.8) is 0 Å². The van der Waals surface area contributed by atoms with Gasteiger partial charge in [0.15, 0.2) is 0 Å². The number of rotatable bonds is 5. The molecule has 1 amide bonds. The molecule has 0 atom stereocenters. The van der Waals surface area contributed by atoms with Crippen molar-refractivity contribution in [2.45, 2.75) is 13.3 Å². The molecule has 1 aromatic carbocycles. The molecule has 0 radical (unpaired) electrons. The summed E-state index contributed by atoms with van der Waals surface area (Å²) in [4.78, 5) is 16.3. The van der Waals surface area contributed by atoms with Gasteiger partial charge in [0.25, 0.3) is 5.91 Å². The van der Waals surface area contributed by atoms with Crippen LogP contribution >= 0.6 is 22.6 Å². The summed E-state index contributed by atoms with van der Waals surface area (Å²) in [5.41, 5.74) is 1.38. The number of amides is 1. The summed E-state index contributed by atoms with van der Waals surface area (Å²) >= 11 is 2.23. The Labute approximate surface area is 132 Å². The van der Waals surface area contributed by atoms with Crippen LogP contribution in [0.5, 0.6) is 0 Å². The van der Waals surface area contributed by atoms with E-state index in [1.807, 2.05) is 24.3 Å². The lowest BCUT2D eigenvalue weighted by Crippen LogP contribution is -2.13. The van der Waals surface area contributed by atoms with E-state index in [-0.39, 0.29) is 5.91 Å². The summed E-state index contributed by atoms with van der Waals surface area (Å²) in [5, 5.41) is 6.04. The second kappa shape index (κ2) is 7.23. The zero-order valence-electron chi connectivity index (χ0n) is 11.2. The van der Waals surface area contributed by atoms with Gasteiger partial charge in [0.1, 0.15) is 5.82 Å². The Balaban J connectivity index is 2.06. The fraction of sp³-hybridized carbons (Fsp3) is 0.200. The van der Waals surface area contributed by atoms with Crippen LogP contribution in [0.4, 0.5) is 11.5 Å². The van der Waals surface area contributed by atoms with Gasteiger partial charge < -0.3 is 10.6 Å². The van der Waals surface area contributed by atoms with Crippen LogP contribution in [0.15, 0.2) is 42.6 Å². The summed E-state index contributed by atoms with van der Waals surface area (Å²) in [6.07, 6.45) is 2.65. The van der Waals surface area contributed by atoms with Crippen LogP contribution in [0.2, 0.25) is 0 Å². The zero-order valence-corrected chi connectivity index (χ0v) is 13.3. The maximum Gasteiger partial charge on any atom is 0.255 e. The molecular formula is C15H16IN3O. The molecule has 0 aliphatic rings. The number of hydrogen-bond acceptors (Lipinski definition) is 3. The van der Waals surface area contributed by atoms with Gasteiger partial charge in [0.2, 0.25) is 0 Å². The number of carbonyl (C=O) groups excluding carboxylic acids is 1. The summed E-state index contributed by atoms with van der Waals surface area (Å²) < 4.78 is 1.13. The third-order valence-electron chi connectivity index (χ3n) is 2.68. The monoisotopic (exact) mass is 381 g/mol. The van der Waals surface area contributed by atoms with Crippen LogP contribution in [-0.4, -0.2) is 17.4 Å². The topological polar surface area (TPSA) is 54.0 Å².